The molecule has 1 N–H and O–H groups in total. The Kier molecular flexibility index (Phi) is 3.73. The molecule has 1 aliphatic heterocycles. The zero-order valence-electron chi connectivity index (χ0n) is 9.77. The van der Waals surface area contributed by atoms with Crippen molar-refractivity contribution in [1.29, 1.82) is 5.26 Å². The standard InChI is InChI=1S/C13H13ClN2O2/c14-11-7-9(8-15)1-2-12(11)16-5-3-10(4-6-16)13(17)18/h1-2,7,10H,3-6H2,(H,17,18). The van der Waals surface area contributed by atoms with Crippen molar-refractivity contribution in [2.24, 2.45) is 5.92 Å². The van der Waals surface area contributed by atoms with Crippen LogP contribution in [0.4, 0.5) is 5.69 Å². The number of halogens is 1. The summed E-state index contributed by atoms with van der Waals surface area (Å²) in [5.74, 6) is -0.973. The lowest BCUT2D eigenvalue weighted by molar-refractivity contribution is -0.142. The molecule has 1 fully saturated rings. The average Bonchev–Trinajstić information content (AvgIpc) is 2.38. The van der Waals surface area contributed by atoms with Gasteiger partial charge in [0, 0.05) is 13.1 Å². The van der Waals surface area contributed by atoms with Crippen LogP contribution in [0.1, 0.15) is 18.4 Å². The first-order valence-corrected chi connectivity index (χ1v) is 6.17. The molecule has 0 bridgehead atoms. The molecule has 94 valence electrons. The minimum absolute atomic E-state index is 0.251. The highest BCUT2D eigenvalue weighted by molar-refractivity contribution is 6.33. The van der Waals surface area contributed by atoms with Gasteiger partial charge in [0.05, 0.1) is 28.3 Å². The quantitative estimate of drug-likeness (QED) is 0.891. The number of rotatable bonds is 2. The maximum Gasteiger partial charge on any atom is 0.306 e. The number of nitrogens with zero attached hydrogens (tertiary/aromatic N) is 2. The molecule has 0 aromatic heterocycles. The number of carboxylic acids is 1. The molecule has 0 spiro atoms. The second-order valence-electron chi connectivity index (χ2n) is 4.38. The van der Waals surface area contributed by atoms with Crippen LogP contribution in [0.3, 0.4) is 0 Å². The summed E-state index contributed by atoms with van der Waals surface area (Å²) < 4.78 is 0. The second-order valence-corrected chi connectivity index (χ2v) is 4.78. The van der Waals surface area contributed by atoms with Crippen molar-refractivity contribution in [2.75, 3.05) is 18.0 Å². The van der Waals surface area contributed by atoms with Crippen molar-refractivity contribution in [3.8, 4) is 6.07 Å². The van der Waals surface area contributed by atoms with Gasteiger partial charge in [0.15, 0.2) is 0 Å². The van der Waals surface area contributed by atoms with E-state index in [2.05, 4.69) is 4.90 Å². The molecule has 1 aliphatic rings. The first-order valence-electron chi connectivity index (χ1n) is 5.79. The summed E-state index contributed by atoms with van der Waals surface area (Å²) in [5, 5.41) is 18.3. The summed E-state index contributed by atoms with van der Waals surface area (Å²) in [6.45, 7) is 1.37. The maximum atomic E-state index is 10.9. The molecule has 2 rings (SSSR count). The van der Waals surface area contributed by atoms with Gasteiger partial charge in [0.1, 0.15) is 0 Å². The van der Waals surface area contributed by atoms with E-state index in [9.17, 15) is 4.79 Å². The predicted molar refractivity (Wildman–Crippen MR) is 68.7 cm³/mol. The topological polar surface area (TPSA) is 64.3 Å². The normalized spacial score (nSPS) is 16.3. The lowest BCUT2D eigenvalue weighted by Gasteiger charge is -2.32. The SMILES string of the molecule is N#Cc1ccc(N2CCC(C(=O)O)CC2)c(Cl)c1. The molecule has 1 aromatic carbocycles. The first-order chi connectivity index (χ1) is 8.61. The Balaban J connectivity index is 2.10. The maximum absolute atomic E-state index is 10.9. The molecule has 18 heavy (non-hydrogen) atoms. The van der Waals surface area contributed by atoms with Gasteiger partial charge >= 0.3 is 5.97 Å². The third-order valence-electron chi connectivity index (χ3n) is 3.26. The molecule has 0 saturated carbocycles. The smallest absolute Gasteiger partial charge is 0.306 e. The minimum Gasteiger partial charge on any atom is -0.481 e. The lowest BCUT2D eigenvalue weighted by Crippen LogP contribution is -2.36. The van der Waals surface area contributed by atoms with E-state index in [4.69, 9.17) is 22.0 Å². The van der Waals surface area contributed by atoms with Gasteiger partial charge < -0.3 is 10.0 Å². The van der Waals surface area contributed by atoms with E-state index >= 15 is 0 Å². The average molecular weight is 265 g/mol. The van der Waals surface area contributed by atoms with Crippen LogP contribution < -0.4 is 4.90 Å². The summed E-state index contributed by atoms with van der Waals surface area (Å²) in [5.41, 5.74) is 1.41. The highest BCUT2D eigenvalue weighted by Gasteiger charge is 2.25. The summed E-state index contributed by atoms with van der Waals surface area (Å²) in [4.78, 5) is 12.9. The van der Waals surface area contributed by atoms with Gasteiger partial charge in [-0.2, -0.15) is 5.26 Å². The fourth-order valence-electron chi connectivity index (χ4n) is 2.20. The lowest BCUT2D eigenvalue weighted by atomic mass is 9.96. The van der Waals surface area contributed by atoms with Gasteiger partial charge in [-0.05, 0) is 31.0 Å². The van der Waals surface area contributed by atoms with Gasteiger partial charge in [-0.25, -0.2) is 0 Å². The van der Waals surface area contributed by atoms with E-state index in [0.717, 1.165) is 5.69 Å². The van der Waals surface area contributed by atoms with E-state index in [1.807, 2.05) is 12.1 Å². The number of hydrogen-bond donors (Lipinski definition) is 1. The van der Waals surface area contributed by atoms with Crippen molar-refractivity contribution >= 4 is 23.3 Å². The Bertz CT molecular complexity index is 502. The molecule has 0 radical (unpaired) electrons. The molecule has 1 aromatic rings. The van der Waals surface area contributed by atoms with Gasteiger partial charge in [-0.15, -0.1) is 0 Å². The third-order valence-corrected chi connectivity index (χ3v) is 3.56. The van der Waals surface area contributed by atoms with Crippen LogP contribution in [0.2, 0.25) is 5.02 Å². The Hall–Kier alpha value is -1.73. The van der Waals surface area contributed by atoms with Gasteiger partial charge in [-0.1, -0.05) is 11.6 Å². The highest BCUT2D eigenvalue weighted by atomic mass is 35.5. The molecular weight excluding hydrogens is 252 g/mol. The van der Waals surface area contributed by atoms with E-state index in [1.54, 1.807) is 12.1 Å². The summed E-state index contributed by atoms with van der Waals surface area (Å²) in [6.07, 6.45) is 1.26. The molecule has 0 atom stereocenters. The Morgan fingerprint density at radius 2 is 2.11 bits per heavy atom. The van der Waals surface area contributed by atoms with Crippen molar-refractivity contribution in [2.45, 2.75) is 12.8 Å². The zero-order chi connectivity index (χ0) is 13.1. The summed E-state index contributed by atoms with van der Waals surface area (Å²) in [7, 11) is 0. The van der Waals surface area contributed by atoms with E-state index in [1.165, 1.54) is 0 Å². The number of benzene rings is 1. The number of carboxylic acid groups (broad SMARTS) is 1. The molecular formula is C13H13ClN2O2. The number of piperidine rings is 1. The van der Waals surface area contributed by atoms with E-state index in [0.29, 0.717) is 36.5 Å². The summed E-state index contributed by atoms with van der Waals surface area (Å²) in [6, 6.07) is 7.23. The van der Waals surface area contributed by atoms with Crippen LogP contribution in [0.15, 0.2) is 18.2 Å². The van der Waals surface area contributed by atoms with Gasteiger partial charge in [0.25, 0.3) is 0 Å². The van der Waals surface area contributed by atoms with Crippen LogP contribution >= 0.6 is 11.6 Å². The molecule has 1 saturated heterocycles. The number of hydrogen-bond acceptors (Lipinski definition) is 3. The number of nitriles is 1. The minimum atomic E-state index is -0.722. The second kappa shape index (κ2) is 5.28. The van der Waals surface area contributed by atoms with E-state index < -0.39 is 5.97 Å². The Morgan fingerprint density at radius 1 is 1.44 bits per heavy atom. The number of anilines is 1. The van der Waals surface area contributed by atoms with Crippen molar-refractivity contribution in [3.63, 3.8) is 0 Å². The first kappa shape index (κ1) is 12.7. The zero-order valence-corrected chi connectivity index (χ0v) is 10.5. The fraction of sp³-hybridized carbons (Fsp3) is 0.385. The Labute approximate surface area is 110 Å². The van der Waals surface area contributed by atoms with E-state index in [-0.39, 0.29) is 5.92 Å². The highest BCUT2D eigenvalue weighted by Crippen LogP contribution is 2.30. The van der Waals surface area contributed by atoms with Crippen molar-refractivity contribution in [3.05, 3.63) is 28.8 Å². The van der Waals surface area contributed by atoms with Gasteiger partial charge in [0.2, 0.25) is 0 Å². The van der Waals surface area contributed by atoms with Crippen LogP contribution in [-0.4, -0.2) is 24.2 Å². The van der Waals surface area contributed by atoms with Crippen LogP contribution in [0, 0.1) is 17.2 Å². The largest absolute Gasteiger partial charge is 0.481 e. The number of aliphatic carboxylic acids is 1. The summed E-state index contributed by atoms with van der Waals surface area (Å²) >= 11 is 6.13. The molecule has 4 nitrogen and oxygen atoms in total. The van der Waals surface area contributed by atoms with Gasteiger partial charge in [-0.3, -0.25) is 4.79 Å². The Morgan fingerprint density at radius 3 is 2.61 bits per heavy atom. The van der Waals surface area contributed by atoms with Crippen LogP contribution in [0.5, 0.6) is 0 Å². The van der Waals surface area contributed by atoms with Crippen molar-refractivity contribution < 1.29 is 9.90 Å². The van der Waals surface area contributed by atoms with Crippen LogP contribution in [0.25, 0.3) is 0 Å². The molecule has 0 unspecified atom stereocenters. The van der Waals surface area contributed by atoms with Crippen LogP contribution in [-0.2, 0) is 4.79 Å². The predicted octanol–water partition coefficient (Wildman–Crippen LogP) is 2.51. The molecule has 5 heteroatoms. The number of carbonyl (C=O) groups is 1. The molecule has 0 amide bonds. The monoisotopic (exact) mass is 264 g/mol. The third kappa shape index (κ3) is 2.57. The fourth-order valence-corrected chi connectivity index (χ4v) is 2.50. The van der Waals surface area contributed by atoms with Crippen molar-refractivity contribution in [1.82, 2.24) is 0 Å². The molecule has 0 aliphatic carbocycles. The molecule has 1 heterocycles.